The van der Waals surface area contributed by atoms with Crippen LogP contribution in [-0.2, 0) is 43.9 Å². The largest absolute Gasteiger partial charge is 0.392 e. The number of carbonyl (C=O) groups is 1. The van der Waals surface area contributed by atoms with Crippen molar-refractivity contribution in [1.82, 2.24) is 30.2 Å². The molecule has 1 saturated heterocycles. The van der Waals surface area contributed by atoms with Crippen molar-refractivity contribution in [2.75, 3.05) is 5.75 Å². The fourth-order valence-corrected chi connectivity index (χ4v) is 8.83. The number of sulfonamides is 1. The SMILES string of the molecule is Cc1ccc(S(=O)(=O)N[C@H](Cc2ccccc2)C(=O)NCc2ccc([C@@H]3O[C@H](CSc4nnnn4-c4ccccc4)[C@H](C)[C@H](c4ccc(CO)cc4)O3)cc2)cc1. The summed E-state index contributed by atoms with van der Waals surface area (Å²) < 4.78 is 44.3. The third-order valence-corrected chi connectivity index (χ3v) is 12.4. The highest BCUT2D eigenvalue weighted by Gasteiger charge is 2.38. The van der Waals surface area contributed by atoms with E-state index in [4.69, 9.17) is 9.47 Å². The molecule has 14 heteroatoms. The van der Waals surface area contributed by atoms with Gasteiger partial charge in [-0.3, -0.25) is 4.79 Å². The van der Waals surface area contributed by atoms with E-state index in [1.165, 1.54) is 23.9 Å². The van der Waals surface area contributed by atoms with Crippen LogP contribution in [0.2, 0.25) is 0 Å². The van der Waals surface area contributed by atoms with E-state index in [9.17, 15) is 18.3 Å². The number of nitrogens with zero attached hydrogens (tertiary/aromatic N) is 4. The number of hydrogen-bond acceptors (Lipinski definition) is 10. The van der Waals surface area contributed by atoms with Gasteiger partial charge in [0, 0.05) is 23.8 Å². The van der Waals surface area contributed by atoms with Crippen molar-refractivity contribution in [3.8, 4) is 5.69 Å². The Balaban J connectivity index is 1.05. The number of aromatic nitrogens is 4. The second kappa shape index (κ2) is 18.4. The Morgan fingerprint density at radius 1 is 0.825 bits per heavy atom. The summed E-state index contributed by atoms with van der Waals surface area (Å²) in [4.78, 5) is 13.7. The number of hydrogen-bond donors (Lipinski definition) is 3. The number of para-hydroxylation sites is 1. The maximum atomic E-state index is 13.6. The molecule has 0 bridgehead atoms. The average molecular weight is 805 g/mol. The average Bonchev–Trinajstić information content (AvgIpc) is 3.72. The zero-order valence-electron chi connectivity index (χ0n) is 31.5. The third kappa shape index (κ3) is 10.0. The van der Waals surface area contributed by atoms with Crippen molar-refractivity contribution in [1.29, 1.82) is 0 Å². The molecule has 1 aliphatic rings. The van der Waals surface area contributed by atoms with Gasteiger partial charge in [0.15, 0.2) is 6.29 Å². The lowest BCUT2D eigenvalue weighted by Crippen LogP contribution is -2.47. The van der Waals surface area contributed by atoms with Crippen LogP contribution in [0.3, 0.4) is 0 Å². The number of thioether (sulfide) groups is 1. The number of aliphatic hydroxyl groups is 1. The van der Waals surface area contributed by atoms with Crippen LogP contribution in [0, 0.1) is 12.8 Å². The molecule has 5 atom stereocenters. The molecule has 0 spiro atoms. The fraction of sp³-hybridized carbons (Fsp3) is 0.256. The molecule has 12 nitrogen and oxygen atoms in total. The molecule has 6 aromatic rings. The van der Waals surface area contributed by atoms with Crippen LogP contribution >= 0.6 is 11.8 Å². The molecule has 0 aliphatic carbocycles. The number of ether oxygens (including phenoxy) is 2. The predicted octanol–water partition coefficient (Wildman–Crippen LogP) is 6.25. The van der Waals surface area contributed by atoms with Crippen molar-refractivity contribution in [3.05, 3.63) is 167 Å². The lowest BCUT2D eigenvalue weighted by molar-refractivity contribution is -0.268. The van der Waals surface area contributed by atoms with E-state index in [2.05, 4.69) is 32.5 Å². The minimum Gasteiger partial charge on any atom is -0.392 e. The Bertz CT molecular complexity index is 2330. The Morgan fingerprint density at radius 2 is 1.47 bits per heavy atom. The maximum Gasteiger partial charge on any atom is 0.241 e. The highest BCUT2D eigenvalue weighted by Crippen LogP contribution is 2.43. The van der Waals surface area contributed by atoms with E-state index in [1.54, 1.807) is 16.8 Å². The molecule has 1 fully saturated rings. The van der Waals surface area contributed by atoms with Gasteiger partial charge < -0.3 is 19.9 Å². The van der Waals surface area contributed by atoms with Crippen LogP contribution in [0.15, 0.2) is 144 Å². The molecule has 1 aromatic heterocycles. The smallest absolute Gasteiger partial charge is 0.241 e. The van der Waals surface area contributed by atoms with Crippen molar-refractivity contribution >= 4 is 27.7 Å². The number of carbonyl (C=O) groups excluding carboxylic acids is 1. The number of nitrogens with one attached hydrogen (secondary N) is 2. The summed E-state index contributed by atoms with van der Waals surface area (Å²) in [6.45, 7) is 4.11. The maximum absolute atomic E-state index is 13.6. The Morgan fingerprint density at radius 3 is 2.16 bits per heavy atom. The Kier molecular flexibility index (Phi) is 12.9. The fourth-order valence-electron chi connectivity index (χ4n) is 6.58. The summed E-state index contributed by atoms with van der Waals surface area (Å²) in [5.74, 6) is 0.0678. The van der Waals surface area contributed by atoms with Gasteiger partial charge in [-0.1, -0.05) is 133 Å². The molecular weight excluding hydrogens is 761 g/mol. The summed E-state index contributed by atoms with van der Waals surface area (Å²) in [5.41, 5.74) is 6.01. The number of benzene rings is 5. The second-order valence-electron chi connectivity index (χ2n) is 14.0. The highest BCUT2D eigenvalue weighted by molar-refractivity contribution is 7.99. The van der Waals surface area contributed by atoms with Gasteiger partial charge in [0.05, 0.1) is 29.4 Å². The van der Waals surface area contributed by atoms with Crippen LogP contribution in [0.4, 0.5) is 0 Å². The number of aliphatic hydroxyl groups excluding tert-OH is 1. The summed E-state index contributed by atoms with van der Waals surface area (Å²) in [6.07, 6.45) is -1.08. The van der Waals surface area contributed by atoms with Crippen LogP contribution in [-0.4, -0.2) is 57.5 Å². The number of aryl methyl sites for hydroxylation is 1. The van der Waals surface area contributed by atoms with Gasteiger partial charge in [-0.2, -0.15) is 9.40 Å². The van der Waals surface area contributed by atoms with Gasteiger partial charge in [-0.05, 0) is 70.3 Å². The minimum absolute atomic E-state index is 0.0449. The molecular formula is C43H44N6O6S2. The third-order valence-electron chi connectivity index (χ3n) is 9.89. The van der Waals surface area contributed by atoms with Gasteiger partial charge in [0.2, 0.25) is 21.1 Å². The van der Waals surface area contributed by atoms with Gasteiger partial charge in [-0.25, -0.2) is 8.42 Å². The van der Waals surface area contributed by atoms with Crippen molar-refractivity contribution in [2.45, 2.75) is 68.0 Å². The molecule has 3 N–H and O–H groups in total. The minimum atomic E-state index is -3.97. The van der Waals surface area contributed by atoms with E-state index in [0.29, 0.717) is 10.9 Å². The zero-order chi connectivity index (χ0) is 39.8. The first-order valence-electron chi connectivity index (χ1n) is 18.6. The van der Waals surface area contributed by atoms with Gasteiger partial charge in [0.25, 0.3) is 0 Å². The molecule has 7 rings (SSSR count). The number of amides is 1. The first-order chi connectivity index (χ1) is 27.7. The lowest BCUT2D eigenvalue weighted by Gasteiger charge is -2.41. The molecule has 2 heterocycles. The monoisotopic (exact) mass is 804 g/mol. The highest BCUT2D eigenvalue weighted by atomic mass is 32.2. The lowest BCUT2D eigenvalue weighted by atomic mass is 9.91. The molecule has 0 radical (unpaired) electrons. The summed E-state index contributed by atoms with van der Waals surface area (Å²) >= 11 is 1.51. The predicted molar refractivity (Wildman–Crippen MR) is 217 cm³/mol. The normalized spacial score (nSPS) is 18.9. The van der Waals surface area contributed by atoms with Gasteiger partial charge >= 0.3 is 0 Å². The summed E-state index contributed by atoms with van der Waals surface area (Å²) in [5, 5.41) is 25.6. The second-order valence-corrected chi connectivity index (χ2v) is 16.7. The van der Waals surface area contributed by atoms with Crippen LogP contribution < -0.4 is 10.0 Å². The molecule has 294 valence electrons. The molecule has 0 unspecified atom stereocenters. The van der Waals surface area contributed by atoms with E-state index in [-0.39, 0.29) is 42.6 Å². The summed E-state index contributed by atoms with van der Waals surface area (Å²) in [7, 11) is -3.97. The van der Waals surface area contributed by atoms with E-state index < -0.39 is 28.3 Å². The molecule has 57 heavy (non-hydrogen) atoms. The van der Waals surface area contributed by atoms with Crippen LogP contribution in [0.5, 0.6) is 0 Å². The molecule has 1 amide bonds. The Hall–Kier alpha value is -5.22. The number of rotatable bonds is 15. The number of tetrazole rings is 1. The van der Waals surface area contributed by atoms with Crippen molar-refractivity contribution in [3.63, 3.8) is 0 Å². The Labute approximate surface area is 336 Å². The first kappa shape index (κ1) is 40.0. The van der Waals surface area contributed by atoms with Gasteiger partial charge in [0.1, 0.15) is 6.04 Å². The van der Waals surface area contributed by atoms with E-state index in [0.717, 1.165) is 39.1 Å². The molecule has 5 aromatic carbocycles. The molecule has 1 aliphatic heterocycles. The standard InChI is InChI=1S/C43H44N6O6S2/c1-29-13-23-37(24-14-29)57(52,53)46-38(25-31-9-5-3-6-10-31)41(51)44-26-32-15-21-35(22-16-32)42-54-39(30(2)40(55-42)34-19-17-33(27-50)18-20-34)28-56-43-45-47-48-49(43)36-11-7-4-8-12-36/h3-24,30,38-40,42,46,50H,25-28H2,1-2H3,(H,44,51)/t30-,38+,39+,40+,42+/m0/s1. The van der Waals surface area contributed by atoms with Gasteiger partial charge in [-0.15, -0.1) is 5.10 Å². The van der Waals surface area contributed by atoms with E-state index >= 15 is 0 Å². The van der Waals surface area contributed by atoms with Crippen LogP contribution in [0.25, 0.3) is 5.69 Å². The topological polar surface area (TPSA) is 158 Å². The quantitative estimate of drug-likeness (QED) is 0.101. The molecule has 0 saturated carbocycles. The first-order valence-corrected chi connectivity index (χ1v) is 21.1. The van der Waals surface area contributed by atoms with E-state index in [1.807, 2.05) is 116 Å². The summed E-state index contributed by atoms with van der Waals surface area (Å²) in [6, 6.07) is 39.8. The van der Waals surface area contributed by atoms with Crippen LogP contribution in [0.1, 0.15) is 52.7 Å². The van der Waals surface area contributed by atoms with Crippen molar-refractivity contribution in [2.24, 2.45) is 5.92 Å². The zero-order valence-corrected chi connectivity index (χ0v) is 33.1. The van der Waals surface area contributed by atoms with Crippen molar-refractivity contribution < 1.29 is 27.8 Å².